The van der Waals surface area contributed by atoms with Crippen LogP contribution in [-0.4, -0.2) is 26.7 Å². The number of aromatic nitrogens is 2. The van der Waals surface area contributed by atoms with Crippen molar-refractivity contribution in [2.24, 2.45) is 0 Å². The van der Waals surface area contributed by atoms with E-state index < -0.39 is 4.92 Å². The van der Waals surface area contributed by atoms with Crippen molar-refractivity contribution in [3.8, 4) is 5.75 Å². The van der Waals surface area contributed by atoms with E-state index in [9.17, 15) is 14.9 Å². The van der Waals surface area contributed by atoms with Gasteiger partial charge in [0.05, 0.1) is 10.7 Å². The van der Waals surface area contributed by atoms with E-state index in [0.717, 1.165) is 11.8 Å². The number of hydrogen-bond acceptors (Lipinski definition) is 8. The van der Waals surface area contributed by atoms with Gasteiger partial charge in [0, 0.05) is 22.2 Å². The number of non-ortho nitro benzene ring substituents is 1. The summed E-state index contributed by atoms with van der Waals surface area (Å²) in [6.07, 6.45) is 0. The molecule has 138 valence electrons. The summed E-state index contributed by atoms with van der Waals surface area (Å²) < 4.78 is 11.4. The first kappa shape index (κ1) is 19.1. The van der Waals surface area contributed by atoms with Gasteiger partial charge in [-0.1, -0.05) is 45.9 Å². The number of thioether (sulfide) groups is 1. The van der Waals surface area contributed by atoms with Crippen LogP contribution in [0.3, 0.4) is 0 Å². The Morgan fingerprint density at radius 1 is 1.22 bits per heavy atom. The number of ether oxygens (including phenoxy) is 1. The van der Waals surface area contributed by atoms with Crippen LogP contribution in [0.1, 0.15) is 16.2 Å². The number of nitro groups is 1. The monoisotopic (exact) mass is 449 g/mol. The first-order chi connectivity index (χ1) is 13.0. The van der Waals surface area contributed by atoms with Crippen LogP contribution in [0.2, 0.25) is 0 Å². The quantitative estimate of drug-likeness (QED) is 0.216. The molecule has 1 aromatic heterocycles. The molecule has 0 fully saturated rings. The molecule has 3 rings (SSSR count). The zero-order valence-corrected chi connectivity index (χ0v) is 16.1. The molecule has 0 spiro atoms. The lowest BCUT2D eigenvalue weighted by molar-refractivity contribution is -0.384. The highest BCUT2D eigenvalue weighted by atomic mass is 79.9. The molecule has 0 atom stereocenters. The Kier molecular flexibility index (Phi) is 6.20. The summed E-state index contributed by atoms with van der Waals surface area (Å²) in [5.74, 6) is 0.665. The Hall–Kier alpha value is -2.72. The van der Waals surface area contributed by atoms with Crippen molar-refractivity contribution in [1.29, 1.82) is 0 Å². The van der Waals surface area contributed by atoms with Gasteiger partial charge >= 0.3 is 0 Å². The molecule has 3 aromatic rings. The zero-order valence-electron chi connectivity index (χ0n) is 13.7. The van der Waals surface area contributed by atoms with Crippen molar-refractivity contribution in [2.45, 2.75) is 11.8 Å². The van der Waals surface area contributed by atoms with E-state index in [0.29, 0.717) is 10.2 Å². The minimum absolute atomic E-state index is 0.000936. The van der Waals surface area contributed by atoms with Crippen LogP contribution in [-0.2, 0) is 6.61 Å². The molecule has 1 heterocycles. The van der Waals surface area contributed by atoms with Crippen LogP contribution in [0.5, 0.6) is 5.75 Å². The smallest absolute Gasteiger partial charge is 0.277 e. The van der Waals surface area contributed by atoms with E-state index in [4.69, 9.17) is 9.15 Å². The number of rotatable bonds is 8. The van der Waals surface area contributed by atoms with Gasteiger partial charge in [-0.2, -0.15) is 0 Å². The van der Waals surface area contributed by atoms with Crippen LogP contribution in [0, 0.1) is 10.1 Å². The molecule has 0 aliphatic heterocycles. The number of Topliss-reactive ketones (excluding diaryl/α,β-unsaturated/α-hetero) is 1. The summed E-state index contributed by atoms with van der Waals surface area (Å²) >= 11 is 4.29. The molecule has 10 heteroatoms. The van der Waals surface area contributed by atoms with Crippen molar-refractivity contribution >= 4 is 39.2 Å². The highest BCUT2D eigenvalue weighted by Crippen LogP contribution is 2.25. The molecule has 0 N–H and O–H groups in total. The number of carbonyl (C=O) groups excluding carboxylic acids is 1. The summed E-state index contributed by atoms with van der Waals surface area (Å²) in [7, 11) is 0. The normalized spacial score (nSPS) is 10.6. The van der Waals surface area contributed by atoms with E-state index >= 15 is 0 Å². The molecule has 8 nitrogen and oxygen atoms in total. The molecule has 0 saturated carbocycles. The van der Waals surface area contributed by atoms with Crippen molar-refractivity contribution in [3.05, 3.63) is 74.6 Å². The minimum Gasteiger partial charge on any atom is -0.484 e. The van der Waals surface area contributed by atoms with E-state index in [1.165, 1.54) is 18.2 Å². The van der Waals surface area contributed by atoms with Gasteiger partial charge in [0.2, 0.25) is 0 Å². The van der Waals surface area contributed by atoms with Crippen LogP contribution < -0.4 is 4.74 Å². The highest BCUT2D eigenvalue weighted by molar-refractivity contribution is 9.10. The molecule has 0 amide bonds. The van der Waals surface area contributed by atoms with E-state index in [1.54, 1.807) is 0 Å². The van der Waals surface area contributed by atoms with Crippen LogP contribution in [0.15, 0.2) is 62.6 Å². The maximum absolute atomic E-state index is 12.3. The van der Waals surface area contributed by atoms with Crippen molar-refractivity contribution < 1.29 is 18.9 Å². The maximum atomic E-state index is 12.3. The minimum atomic E-state index is -0.548. The number of ketones is 1. The number of carbonyl (C=O) groups is 1. The molecular formula is C17H12BrN3O5S. The van der Waals surface area contributed by atoms with Gasteiger partial charge in [-0.25, -0.2) is 0 Å². The fourth-order valence-corrected chi connectivity index (χ4v) is 3.19. The third kappa shape index (κ3) is 5.14. The SMILES string of the molecule is O=C(CSc1nnc(COc2ccccc2)o1)c1cc([N+](=O)[O-])ccc1Br. The van der Waals surface area contributed by atoms with Gasteiger partial charge in [-0.15, -0.1) is 10.2 Å². The lowest BCUT2D eigenvalue weighted by atomic mass is 10.1. The van der Waals surface area contributed by atoms with Gasteiger partial charge in [0.15, 0.2) is 12.4 Å². The molecule has 0 aliphatic carbocycles. The Bertz CT molecular complexity index is 964. The Morgan fingerprint density at radius 2 is 2.00 bits per heavy atom. The number of hydrogen-bond donors (Lipinski definition) is 0. The molecular weight excluding hydrogens is 438 g/mol. The first-order valence-corrected chi connectivity index (χ1v) is 9.41. The van der Waals surface area contributed by atoms with Gasteiger partial charge in [0.25, 0.3) is 16.8 Å². The summed E-state index contributed by atoms with van der Waals surface area (Å²) in [5.41, 5.74) is 0.0773. The lowest BCUT2D eigenvalue weighted by Crippen LogP contribution is -2.04. The average molecular weight is 450 g/mol. The number of benzene rings is 2. The highest BCUT2D eigenvalue weighted by Gasteiger charge is 2.17. The van der Waals surface area contributed by atoms with Crippen molar-refractivity contribution in [3.63, 3.8) is 0 Å². The largest absolute Gasteiger partial charge is 0.484 e. The van der Waals surface area contributed by atoms with E-state index in [-0.39, 0.29) is 40.5 Å². The van der Waals surface area contributed by atoms with Crippen molar-refractivity contribution in [2.75, 3.05) is 5.75 Å². The molecule has 27 heavy (non-hydrogen) atoms. The van der Waals surface area contributed by atoms with Crippen LogP contribution in [0.4, 0.5) is 5.69 Å². The van der Waals surface area contributed by atoms with Gasteiger partial charge in [-0.05, 0) is 18.2 Å². The van der Waals surface area contributed by atoms with Crippen LogP contribution >= 0.6 is 27.7 Å². The average Bonchev–Trinajstić information content (AvgIpc) is 3.13. The predicted molar refractivity (Wildman–Crippen MR) is 101 cm³/mol. The molecule has 0 radical (unpaired) electrons. The Morgan fingerprint density at radius 3 is 2.74 bits per heavy atom. The summed E-state index contributed by atoms with van der Waals surface area (Å²) in [5, 5.41) is 18.8. The lowest BCUT2D eigenvalue weighted by Gasteiger charge is -2.02. The number of halogens is 1. The third-order valence-corrected chi connectivity index (χ3v) is 4.85. The second-order valence-electron chi connectivity index (χ2n) is 5.20. The molecule has 0 unspecified atom stereocenters. The first-order valence-electron chi connectivity index (χ1n) is 7.63. The second kappa shape index (κ2) is 8.78. The molecule has 2 aromatic carbocycles. The zero-order chi connectivity index (χ0) is 19.2. The number of para-hydroxylation sites is 1. The second-order valence-corrected chi connectivity index (χ2v) is 6.98. The van der Waals surface area contributed by atoms with Gasteiger partial charge < -0.3 is 9.15 Å². The van der Waals surface area contributed by atoms with Crippen molar-refractivity contribution in [1.82, 2.24) is 10.2 Å². The Balaban J connectivity index is 1.57. The molecule has 0 bridgehead atoms. The maximum Gasteiger partial charge on any atom is 0.277 e. The third-order valence-electron chi connectivity index (χ3n) is 3.34. The standard InChI is InChI=1S/C17H12BrN3O5S/c18-14-7-6-11(21(23)24)8-13(14)15(22)10-27-17-20-19-16(26-17)9-25-12-4-2-1-3-5-12/h1-8H,9-10H2. The Labute approximate surface area is 166 Å². The van der Waals surface area contributed by atoms with Crippen LogP contribution in [0.25, 0.3) is 0 Å². The van der Waals surface area contributed by atoms with Gasteiger partial charge in [0.1, 0.15) is 5.75 Å². The fourth-order valence-electron chi connectivity index (χ4n) is 2.06. The molecule has 0 aliphatic rings. The summed E-state index contributed by atoms with van der Waals surface area (Å²) in [4.78, 5) is 22.7. The van der Waals surface area contributed by atoms with Gasteiger partial charge in [-0.3, -0.25) is 14.9 Å². The molecule has 0 saturated heterocycles. The number of nitro benzene ring substituents is 1. The number of nitrogens with zero attached hydrogens (tertiary/aromatic N) is 3. The predicted octanol–water partition coefficient (Wildman–Crippen LogP) is 4.29. The topological polar surface area (TPSA) is 108 Å². The van der Waals surface area contributed by atoms with E-state index in [1.807, 2.05) is 30.3 Å². The fraction of sp³-hybridized carbons (Fsp3) is 0.118. The van der Waals surface area contributed by atoms with E-state index in [2.05, 4.69) is 26.1 Å². The summed E-state index contributed by atoms with van der Waals surface area (Å²) in [6, 6.07) is 13.2. The summed E-state index contributed by atoms with van der Waals surface area (Å²) in [6.45, 7) is 0.113.